The molecule has 0 bridgehead atoms. The number of benzene rings is 2. The number of hydrogen-bond acceptors (Lipinski definition) is 4. The Hall–Kier alpha value is -1.98. The number of nitrogens with zero attached hydrogens (tertiary/aromatic N) is 1. The van der Waals surface area contributed by atoms with Gasteiger partial charge in [0.25, 0.3) is 0 Å². The number of rotatable bonds is 4. The van der Waals surface area contributed by atoms with Crippen LogP contribution in [0.3, 0.4) is 0 Å². The fraction of sp³-hybridized carbons (Fsp3) is 0.222. The number of methoxy groups -OCH3 is 1. The van der Waals surface area contributed by atoms with Crippen LogP contribution in [0.4, 0.5) is 0 Å². The van der Waals surface area contributed by atoms with Gasteiger partial charge in [0.1, 0.15) is 5.37 Å². The summed E-state index contributed by atoms with van der Waals surface area (Å²) in [6, 6.07) is 14.7. The molecule has 0 aromatic heterocycles. The van der Waals surface area contributed by atoms with E-state index in [1.165, 1.54) is 7.11 Å². The van der Waals surface area contributed by atoms with Gasteiger partial charge in [0.05, 0.1) is 18.4 Å². The second-order valence-electron chi connectivity index (χ2n) is 5.39. The molecule has 0 radical (unpaired) electrons. The molecular weight excluding hydrogens is 346 g/mol. The van der Waals surface area contributed by atoms with Gasteiger partial charge < -0.3 is 9.64 Å². The van der Waals surface area contributed by atoms with Gasteiger partial charge in [-0.25, -0.2) is 4.79 Å². The Kier molecular flexibility index (Phi) is 5.11. The standard InChI is InChI=1S/C18H16ClNO3S/c1-23-18(22)13-8-6-12(7-9-13)17-20(16(21)11-24-17)10-14-4-2-3-5-15(14)19/h2-9,17H,10-11H2,1H3/t17-/m1/s1. The molecule has 24 heavy (non-hydrogen) atoms. The molecule has 1 atom stereocenters. The number of ether oxygens (including phenoxy) is 1. The third-order valence-electron chi connectivity index (χ3n) is 3.88. The summed E-state index contributed by atoms with van der Waals surface area (Å²) >= 11 is 7.79. The topological polar surface area (TPSA) is 46.6 Å². The van der Waals surface area contributed by atoms with E-state index in [2.05, 4.69) is 0 Å². The molecule has 1 fully saturated rings. The van der Waals surface area contributed by atoms with Crippen LogP contribution >= 0.6 is 23.4 Å². The third kappa shape index (κ3) is 3.42. The smallest absolute Gasteiger partial charge is 0.337 e. The predicted octanol–water partition coefficient (Wildman–Crippen LogP) is 3.90. The minimum Gasteiger partial charge on any atom is -0.465 e. The van der Waals surface area contributed by atoms with Crippen molar-refractivity contribution < 1.29 is 14.3 Å². The van der Waals surface area contributed by atoms with E-state index in [1.54, 1.807) is 23.9 Å². The first-order valence-corrected chi connectivity index (χ1v) is 8.85. The molecule has 0 N–H and O–H groups in total. The second-order valence-corrected chi connectivity index (χ2v) is 6.87. The van der Waals surface area contributed by atoms with E-state index in [1.807, 2.05) is 41.3 Å². The zero-order valence-electron chi connectivity index (χ0n) is 13.1. The Balaban J connectivity index is 1.83. The minimum absolute atomic E-state index is 0.0829. The van der Waals surface area contributed by atoms with Crippen molar-refractivity contribution in [2.45, 2.75) is 11.9 Å². The lowest BCUT2D eigenvalue weighted by Gasteiger charge is -2.25. The van der Waals surface area contributed by atoms with E-state index in [-0.39, 0.29) is 17.3 Å². The SMILES string of the molecule is COC(=O)c1ccc([C@H]2SCC(=O)N2Cc2ccccc2Cl)cc1. The van der Waals surface area contributed by atoms with Gasteiger partial charge >= 0.3 is 5.97 Å². The quantitative estimate of drug-likeness (QED) is 0.775. The first kappa shape index (κ1) is 16.9. The molecule has 1 heterocycles. The van der Waals surface area contributed by atoms with E-state index < -0.39 is 0 Å². The lowest BCUT2D eigenvalue weighted by atomic mass is 10.1. The summed E-state index contributed by atoms with van der Waals surface area (Å²) in [7, 11) is 1.35. The molecule has 0 saturated carbocycles. The molecule has 4 nitrogen and oxygen atoms in total. The summed E-state index contributed by atoms with van der Waals surface area (Å²) in [5.74, 6) is 0.153. The fourth-order valence-electron chi connectivity index (χ4n) is 2.61. The van der Waals surface area contributed by atoms with Gasteiger partial charge in [-0.3, -0.25) is 4.79 Å². The van der Waals surface area contributed by atoms with E-state index in [4.69, 9.17) is 16.3 Å². The largest absolute Gasteiger partial charge is 0.465 e. The molecule has 3 rings (SSSR count). The summed E-state index contributed by atoms with van der Waals surface area (Å²) in [5.41, 5.74) is 2.39. The normalized spacial score (nSPS) is 17.2. The summed E-state index contributed by atoms with van der Waals surface area (Å²) in [4.78, 5) is 25.6. The molecule has 2 aromatic carbocycles. The van der Waals surface area contributed by atoms with Crippen LogP contribution in [0, 0.1) is 0 Å². The zero-order chi connectivity index (χ0) is 17.1. The molecule has 6 heteroatoms. The molecule has 1 saturated heterocycles. The number of carbonyl (C=O) groups excluding carboxylic acids is 2. The number of carbonyl (C=O) groups is 2. The highest BCUT2D eigenvalue weighted by Crippen LogP contribution is 2.40. The molecule has 2 aromatic rings. The molecule has 1 aliphatic rings. The number of amides is 1. The van der Waals surface area contributed by atoms with Crippen molar-refractivity contribution in [1.82, 2.24) is 4.90 Å². The number of halogens is 1. The summed E-state index contributed by atoms with van der Waals surface area (Å²) in [6.45, 7) is 0.467. The molecular formula is C18H16ClNO3S. The molecule has 1 amide bonds. The molecule has 0 aliphatic carbocycles. The van der Waals surface area contributed by atoms with Gasteiger partial charge in [0.15, 0.2) is 0 Å². The molecule has 0 spiro atoms. The van der Waals surface area contributed by atoms with Crippen molar-refractivity contribution in [2.75, 3.05) is 12.9 Å². The first-order valence-electron chi connectivity index (χ1n) is 7.43. The average Bonchev–Trinajstić information content (AvgIpc) is 2.97. The van der Waals surface area contributed by atoms with E-state index in [0.717, 1.165) is 11.1 Å². The molecule has 1 aliphatic heterocycles. The minimum atomic E-state index is -0.371. The van der Waals surface area contributed by atoms with Gasteiger partial charge in [0, 0.05) is 11.6 Å². The Morgan fingerprint density at radius 3 is 2.62 bits per heavy atom. The van der Waals surface area contributed by atoms with Gasteiger partial charge in [-0.1, -0.05) is 41.9 Å². The number of esters is 1. The van der Waals surface area contributed by atoms with Crippen LogP contribution in [0.1, 0.15) is 26.9 Å². The van der Waals surface area contributed by atoms with Crippen LogP contribution in [-0.4, -0.2) is 29.6 Å². The van der Waals surface area contributed by atoms with Crippen molar-refractivity contribution in [3.05, 3.63) is 70.2 Å². The van der Waals surface area contributed by atoms with Gasteiger partial charge in [-0.05, 0) is 29.3 Å². The van der Waals surface area contributed by atoms with E-state index in [9.17, 15) is 9.59 Å². The fourth-order valence-corrected chi connectivity index (χ4v) is 4.00. The van der Waals surface area contributed by atoms with Gasteiger partial charge in [0.2, 0.25) is 5.91 Å². The summed E-state index contributed by atoms with van der Waals surface area (Å²) in [6.07, 6.45) is 0. The van der Waals surface area contributed by atoms with Crippen molar-refractivity contribution in [1.29, 1.82) is 0 Å². The summed E-state index contributed by atoms with van der Waals surface area (Å²) < 4.78 is 4.71. The van der Waals surface area contributed by atoms with Crippen LogP contribution in [0.15, 0.2) is 48.5 Å². The van der Waals surface area contributed by atoms with Crippen molar-refractivity contribution >= 4 is 35.2 Å². The number of hydrogen-bond donors (Lipinski definition) is 0. The third-order valence-corrected chi connectivity index (χ3v) is 5.51. The first-order chi connectivity index (χ1) is 11.6. The monoisotopic (exact) mass is 361 g/mol. The Labute approximate surface area is 149 Å². The summed E-state index contributed by atoms with van der Waals surface area (Å²) in [5, 5.41) is 0.572. The van der Waals surface area contributed by atoms with Crippen LogP contribution < -0.4 is 0 Å². The highest BCUT2D eigenvalue weighted by Gasteiger charge is 2.33. The maximum absolute atomic E-state index is 12.3. The highest BCUT2D eigenvalue weighted by atomic mass is 35.5. The van der Waals surface area contributed by atoms with Crippen LogP contribution in [0.2, 0.25) is 5.02 Å². The van der Waals surface area contributed by atoms with Gasteiger partial charge in [-0.15, -0.1) is 11.8 Å². The molecule has 124 valence electrons. The van der Waals surface area contributed by atoms with Crippen LogP contribution in [0.25, 0.3) is 0 Å². The Morgan fingerprint density at radius 1 is 1.25 bits per heavy atom. The van der Waals surface area contributed by atoms with Crippen LogP contribution in [-0.2, 0) is 16.1 Å². The maximum Gasteiger partial charge on any atom is 0.337 e. The van der Waals surface area contributed by atoms with Crippen LogP contribution in [0.5, 0.6) is 0 Å². The van der Waals surface area contributed by atoms with Crippen molar-refractivity contribution in [2.24, 2.45) is 0 Å². The Morgan fingerprint density at radius 2 is 1.96 bits per heavy atom. The maximum atomic E-state index is 12.3. The predicted molar refractivity (Wildman–Crippen MR) is 95.0 cm³/mol. The second kappa shape index (κ2) is 7.28. The zero-order valence-corrected chi connectivity index (χ0v) is 14.6. The van der Waals surface area contributed by atoms with Crippen molar-refractivity contribution in [3.8, 4) is 0 Å². The van der Waals surface area contributed by atoms with E-state index >= 15 is 0 Å². The van der Waals surface area contributed by atoms with Crippen molar-refractivity contribution in [3.63, 3.8) is 0 Å². The lowest BCUT2D eigenvalue weighted by Crippen LogP contribution is -2.27. The lowest BCUT2D eigenvalue weighted by molar-refractivity contribution is -0.128. The number of thioether (sulfide) groups is 1. The average molecular weight is 362 g/mol. The van der Waals surface area contributed by atoms with Gasteiger partial charge in [-0.2, -0.15) is 0 Å². The molecule has 0 unspecified atom stereocenters. The highest BCUT2D eigenvalue weighted by molar-refractivity contribution is 8.00. The van der Waals surface area contributed by atoms with E-state index in [0.29, 0.717) is 22.9 Å². The Bertz CT molecular complexity index is 763.